The Balaban J connectivity index is 1.77. The molecular formula is C19H24ClFN2O. The molecule has 3 rings (SSSR count). The average molecular weight is 351 g/mol. The van der Waals surface area contributed by atoms with Gasteiger partial charge in [0, 0.05) is 30.0 Å². The number of furan rings is 1. The maximum Gasteiger partial charge on any atom is 0.145 e. The molecule has 2 heterocycles. The van der Waals surface area contributed by atoms with Crippen molar-refractivity contribution >= 4 is 11.6 Å². The van der Waals surface area contributed by atoms with Crippen LogP contribution in [0.3, 0.4) is 0 Å². The maximum atomic E-state index is 14.3. The number of benzene rings is 1. The van der Waals surface area contributed by atoms with Crippen molar-refractivity contribution in [3.05, 3.63) is 58.3 Å². The van der Waals surface area contributed by atoms with Crippen molar-refractivity contribution in [2.24, 2.45) is 5.73 Å². The summed E-state index contributed by atoms with van der Waals surface area (Å²) in [5.41, 5.74) is 6.91. The van der Waals surface area contributed by atoms with Gasteiger partial charge in [-0.1, -0.05) is 37.6 Å². The molecule has 3 N–H and O–H groups in total. The molecule has 0 saturated carbocycles. The minimum absolute atomic E-state index is 0.0807. The summed E-state index contributed by atoms with van der Waals surface area (Å²) in [6, 6.07) is 9.02. The molecule has 1 saturated heterocycles. The Morgan fingerprint density at radius 3 is 2.75 bits per heavy atom. The molecule has 24 heavy (non-hydrogen) atoms. The predicted molar refractivity (Wildman–Crippen MR) is 95.0 cm³/mol. The summed E-state index contributed by atoms with van der Waals surface area (Å²) in [7, 11) is 0. The lowest BCUT2D eigenvalue weighted by molar-refractivity contribution is 0.312. The zero-order valence-electron chi connectivity index (χ0n) is 14.3. The number of halogens is 2. The maximum absolute atomic E-state index is 14.3. The minimum atomic E-state index is -0.358. The van der Waals surface area contributed by atoms with Gasteiger partial charge in [0.25, 0.3) is 0 Å². The van der Waals surface area contributed by atoms with Gasteiger partial charge in [-0.15, -0.1) is 0 Å². The highest BCUT2D eigenvalue weighted by Gasteiger charge is 2.39. The lowest BCUT2D eigenvalue weighted by Crippen LogP contribution is -2.42. The minimum Gasteiger partial charge on any atom is -0.466 e. The smallest absolute Gasteiger partial charge is 0.145 e. The van der Waals surface area contributed by atoms with E-state index in [0.29, 0.717) is 12.1 Å². The second-order valence-corrected chi connectivity index (χ2v) is 7.75. The molecule has 130 valence electrons. The number of aryl methyl sites for hydroxylation is 1. The number of rotatable bonds is 4. The van der Waals surface area contributed by atoms with E-state index in [2.05, 4.69) is 19.2 Å². The molecule has 2 aromatic rings. The summed E-state index contributed by atoms with van der Waals surface area (Å²) in [6.07, 6.45) is 0.819. The summed E-state index contributed by atoms with van der Waals surface area (Å²) in [6.45, 7) is 6.88. The first kappa shape index (κ1) is 17.5. The first-order chi connectivity index (χ1) is 11.3. The molecule has 0 spiro atoms. The van der Waals surface area contributed by atoms with Crippen LogP contribution in [0.2, 0.25) is 5.02 Å². The van der Waals surface area contributed by atoms with Gasteiger partial charge in [0.1, 0.15) is 17.3 Å². The Labute approximate surface area is 147 Å². The standard InChI is InChI=1S/C19H24ClFN2O/c1-11-7-8-16(24-11)19(2,3)9-15-18(22)13(10-23-15)12-5-4-6-14(20)17(12)21/h4-8,13,15,18,23H,9-10,22H2,1-3H3. The van der Waals surface area contributed by atoms with E-state index in [4.69, 9.17) is 21.8 Å². The summed E-state index contributed by atoms with van der Waals surface area (Å²) in [4.78, 5) is 0. The number of nitrogens with one attached hydrogen (secondary N) is 1. The SMILES string of the molecule is Cc1ccc(C(C)(C)CC2NCC(c3cccc(Cl)c3F)C2N)o1. The molecule has 1 aliphatic rings. The van der Waals surface area contributed by atoms with E-state index >= 15 is 0 Å². The van der Waals surface area contributed by atoms with Crippen LogP contribution in [-0.2, 0) is 5.41 Å². The van der Waals surface area contributed by atoms with Crippen molar-refractivity contribution in [2.45, 2.75) is 50.6 Å². The van der Waals surface area contributed by atoms with E-state index in [1.165, 1.54) is 0 Å². The van der Waals surface area contributed by atoms with E-state index in [0.717, 1.165) is 17.9 Å². The molecule has 0 radical (unpaired) electrons. The van der Waals surface area contributed by atoms with Gasteiger partial charge in [-0.05, 0) is 37.1 Å². The second kappa shape index (κ2) is 6.51. The molecule has 1 aromatic carbocycles. The molecule has 0 aliphatic carbocycles. The highest BCUT2D eigenvalue weighted by Crippen LogP contribution is 2.36. The van der Waals surface area contributed by atoms with Gasteiger partial charge in [-0.2, -0.15) is 0 Å². The van der Waals surface area contributed by atoms with Gasteiger partial charge in [-0.25, -0.2) is 4.39 Å². The Morgan fingerprint density at radius 2 is 2.08 bits per heavy atom. The summed E-state index contributed by atoms with van der Waals surface area (Å²) < 4.78 is 20.1. The Morgan fingerprint density at radius 1 is 1.33 bits per heavy atom. The fourth-order valence-corrected chi connectivity index (χ4v) is 3.79. The van der Waals surface area contributed by atoms with Crippen molar-refractivity contribution in [1.29, 1.82) is 0 Å². The topological polar surface area (TPSA) is 51.2 Å². The fourth-order valence-electron chi connectivity index (χ4n) is 3.61. The van der Waals surface area contributed by atoms with Crippen LogP contribution in [0.15, 0.2) is 34.7 Å². The van der Waals surface area contributed by atoms with Gasteiger partial charge in [-0.3, -0.25) is 0 Å². The van der Waals surface area contributed by atoms with Crippen molar-refractivity contribution in [1.82, 2.24) is 5.32 Å². The van der Waals surface area contributed by atoms with Crippen LogP contribution in [0.1, 0.15) is 43.3 Å². The molecule has 3 atom stereocenters. The van der Waals surface area contributed by atoms with E-state index in [9.17, 15) is 4.39 Å². The molecule has 1 aliphatic heterocycles. The summed E-state index contributed by atoms with van der Waals surface area (Å²) in [5, 5.41) is 3.61. The monoisotopic (exact) mass is 350 g/mol. The first-order valence-corrected chi connectivity index (χ1v) is 8.67. The quantitative estimate of drug-likeness (QED) is 0.871. The predicted octanol–water partition coefficient (Wildman–Crippen LogP) is 4.13. The second-order valence-electron chi connectivity index (χ2n) is 7.34. The lowest BCUT2D eigenvalue weighted by Gasteiger charge is -2.29. The third-order valence-corrected chi connectivity index (χ3v) is 5.34. The Hall–Kier alpha value is -1.36. The van der Waals surface area contributed by atoms with Crippen LogP contribution in [-0.4, -0.2) is 18.6 Å². The van der Waals surface area contributed by atoms with Gasteiger partial charge in [0.2, 0.25) is 0 Å². The number of hydrogen-bond acceptors (Lipinski definition) is 3. The van der Waals surface area contributed by atoms with E-state index in [1.807, 2.05) is 19.1 Å². The average Bonchev–Trinajstić information content (AvgIpc) is 3.10. The molecular weight excluding hydrogens is 327 g/mol. The first-order valence-electron chi connectivity index (χ1n) is 8.29. The summed E-state index contributed by atoms with van der Waals surface area (Å²) >= 11 is 5.92. The normalized spacial score (nSPS) is 24.5. The van der Waals surface area contributed by atoms with Crippen LogP contribution < -0.4 is 11.1 Å². The van der Waals surface area contributed by atoms with Gasteiger partial charge in [0.15, 0.2) is 0 Å². The van der Waals surface area contributed by atoms with E-state index in [1.54, 1.807) is 18.2 Å². The number of nitrogens with two attached hydrogens (primary N) is 1. The van der Waals surface area contributed by atoms with E-state index in [-0.39, 0.29) is 34.3 Å². The van der Waals surface area contributed by atoms with Crippen LogP contribution in [0, 0.1) is 12.7 Å². The van der Waals surface area contributed by atoms with Gasteiger partial charge < -0.3 is 15.5 Å². The van der Waals surface area contributed by atoms with Crippen LogP contribution in [0.5, 0.6) is 0 Å². The molecule has 0 bridgehead atoms. The van der Waals surface area contributed by atoms with E-state index < -0.39 is 0 Å². The lowest BCUT2D eigenvalue weighted by atomic mass is 9.80. The molecule has 1 fully saturated rings. The van der Waals surface area contributed by atoms with Crippen molar-refractivity contribution in [3.8, 4) is 0 Å². The van der Waals surface area contributed by atoms with Crippen LogP contribution >= 0.6 is 11.6 Å². The third-order valence-electron chi connectivity index (χ3n) is 5.05. The Kier molecular flexibility index (Phi) is 4.73. The molecule has 3 nitrogen and oxygen atoms in total. The molecule has 5 heteroatoms. The largest absolute Gasteiger partial charge is 0.466 e. The summed E-state index contributed by atoms with van der Waals surface area (Å²) in [5.74, 6) is 1.41. The van der Waals surface area contributed by atoms with Gasteiger partial charge in [0.05, 0.1) is 5.02 Å². The highest BCUT2D eigenvalue weighted by molar-refractivity contribution is 6.30. The number of hydrogen-bond donors (Lipinski definition) is 2. The van der Waals surface area contributed by atoms with Crippen LogP contribution in [0.4, 0.5) is 4.39 Å². The van der Waals surface area contributed by atoms with Crippen LogP contribution in [0.25, 0.3) is 0 Å². The molecule has 0 amide bonds. The Bertz CT molecular complexity index is 728. The zero-order chi connectivity index (χ0) is 17.5. The molecule has 1 aromatic heterocycles. The fraction of sp³-hybridized carbons (Fsp3) is 0.474. The highest BCUT2D eigenvalue weighted by atomic mass is 35.5. The third kappa shape index (κ3) is 3.23. The van der Waals surface area contributed by atoms with Gasteiger partial charge >= 0.3 is 0 Å². The van der Waals surface area contributed by atoms with Crippen molar-refractivity contribution in [2.75, 3.05) is 6.54 Å². The molecule has 3 unspecified atom stereocenters. The zero-order valence-corrected chi connectivity index (χ0v) is 15.0. The van der Waals surface area contributed by atoms with Crippen molar-refractivity contribution in [3.63, 3.8) is 0 Å². The van der Waals surface area contributed by atoms with Crippen molar-refractivity contribution < 1.29 is 8.81 Å².